The van der Waals surface area contributed by atoms with E-state index < -0.39 is 29.1 Å². The number of Topliss-reactive ketones (excluding diaryl/α,β-unsaturated/α-hetero) is 1. The standard InChI is InChI=1S/C27H26FN3O5/c1-18-8-9-31(24(32)14-18)25(26(33)20-3-5-21(28)6-4-20)27(34)30-12-10-29(11-13-30)16-19-2-7-22-23(15-19)36-17-35-22/h2-9,14-15,25H,10-13,16-17H2,1H3/t25-/m1/s1. The van der Waals surface area contributed by atoms with Crippen LogP contribution in [-0.2, 0) is 11.3 Å². The summed E-state index contributed by atoms with van der Waals surface area (Å²) >= 11 is 0. The van der Waals surface area contributed by atoms with Crippen LogP contribution in [0.3, 0.4) is 0 Å². The van der Waals surface area contributed by atoms with Gasteiger partial charge in [-0.3, -0.25) is 23.9 Å². The molecule has 1 amide bonds. The van der Waals surface area contributed by atoms with E-state index in [9.17, 15) is 18.8 Å². The van der Waals surface area contributed by atoms with E-state index in [-0.39, 0.29) is 12.4 Å². The first-order chi connectivity index (χ1) is 17.4. The van der Waals surface area contributed by atoms with Gasteiger partial charge in [0.2, 0.25) is 6.79 Å². The molecule has 2 aliphatic rings. The van der Waals surface area contributed by atoms with Crippen molar-refractivity contribution in [3.8, 4) is 11.5 Å². The second-order valence-electron chi connectivity index (χ2n) is 9.01. The summed E-state index contributed by atoms with van der Waals surface area (Å²) in [6, 6.07) is 12.6. The van der Waals surface area contributed by atoms with Gasteiger partial charge >= 0.3 is 0 Å². The largest absolute Gasteiger partial charge is 0.454 e. The summed E-state index contributed by atoms with van der Waals surface area (Å²) in [7, 11) is 0. The van der Waals surface area contributed by atoms with Crippen LogP contribution in [-0.4, -0.2) is 59.0 Å². The highest BCUT2D eigenvalue weighted by atomic mass is 19.1. The van der Waals surface area contributed by atoms with E-state index >= 15 is 0 Å². The van der Waals surface area contributed by atoms with E-state index in [0.29, 0.717) is 32.7 Å². The molecule has 1 saturated heterocycles. The number of pyridine rings is 1. The van der Waals surface area contributed by atoms with Gasteiger partial charge in [0, 0.05) is 50.6 Å². The monoisotopic (exact) mass is 491 g/mol. The van der Waals surface area contributed by atoms with Crippen molar-refractivity contribution in [3.05, 3.63) is 93.7 Å². The van der Waals surface area contributed by atoms with Crippen molar-refractivity contribution in [2.45, 2.75) is 19.5 Å². The van der Waals surface area contributed by atoms with Crippen LogP contribution in [0.1, 0.15) is 27.5 Å². The summed E-state index contributed by atoms with van der Waals surface area (Å²) in [5, 5.41) is 0. The number of piperazine rings is 1. The molecule has 0 unspecified atom stereocenters. The number of amides is 1. The minimum Gasteiger partial charge on any atom is -0.454 e. The molecule has 8 nitrogen and oxygen atoms in total. The highest BCUT2D eigenvalue weighted by Crippen LogP contribution is 2.33. The Bertz CT molecular complexity index is 1350. The van der Waals surface area contributed by atoms with Gasteiger partial charge in [0.15, 0.2) is 23.3 Å². The Balaban J connectivity index is 1.32. The van der Waals surface area contributed by atoms with Gasteiger partial charge in [-0.05, 0) is 60.5 Å². The molecule has 3 aromatic rings. The van der Waals surface area contributed by atoms with Gasteiger partial charge in [-0.15, -0.1) is 0 Å². The Morgan fingerprint density at radius 3 is 2.39 bits per heavy atom. The maximum atomic E-state index is 13.6. The van der Waals surface area contributed by atoms with E-state index in [1.165, 1.54) is 41.1 Å². The first-order valence-corrected chi connectivity index (χ1v) is 11.8. The average Bonchev–Trinajstić information content (AvgIpc) is 3.34. The minimum absolute atomic E-state index is 0.170. The molecule has 0 saturated carbocycles. The second-order valence-corrected chi connectivity index (χ2v) is 9.01. The quantitative estimate of drug-likeness (QED) is 0.390. The van der Waals surface area contributed by atoms with Crippen LogP contribution in [0.25, 0.3) is 0 Å². The molecule has 3 heterocycles. The highest BCUT2D eigenvalue weighted by Gasteiger charge is 2.35. The molecule has 0 N–H and O–H groups in total. The van der Waals surface area contributed by atoms with Gasteiger partial charge in [-0.1, -0.05) is 6.07 Å². The molecule has 9 heteroatoms. The fourth-order valence-corrected chi connectivity index (χ4v) is 4.53. The van der Waals surface area contributed by atoms with Crippen LogP contribution >= 0.6 is 0 Å². The molecular formula is C27H26FN3O5. The number of nitrogens with zero attached hydrogens (tertiary/aromatic N) is 3. The van der Waals surface area contributed by atoms with Gasteiger partial charge in [0.25, 0.3) is 11.5 Å². The third-order valence-corrected chi connectivity index (χ3v) is 6.52. The number of fused-ring (bicyclic) bond motifs is 1. The Morgan fingerprint density at radius 2 is 1.67 bits per heavy atom. The lowest BCUT2D eigenvalue weighted by Crippen LogP contribution is -2.52. The molecule has 1 fully saturated rings. The van der Waals surface area contributed by atoms with Crippen LogP contribution in [0.4, 0.5) is 4.39 Å². The zero-order valence-electron chi connectivity index (χ0n) is 19.9. The lowest BCUT2D eigenvalue weighted by Gasteiger charge is -2.36. The molecule has 186 valence electrons. The van der Waals surface area contributed by atoms with Crippen LogP contribution in [0, 0.1) is 12.7 Å². The molecule has 2 aromatic carbocycles. The number of ketones is 1. The molecule has 0 radical (unpaired) electrons. The lowest BCUT2D eigenvalue weighted by atomic mass is 10.0. The zero-order valence-corrected chi connectivity index (χ0v) is 19.9. The molecule has 1 aromatic heterocycles. The molecule has 0 bridgehead atoms. The van der Waals surface area contributed by atoms with Gasteiger partial charge in [0.1, 0.15) is 5.82 Å². The summed E-state index contributed by atoms with van der Waals surface area (Å²) in [4.78, 5) is 43.6. The number of halogens is 1. The first-order valence-electron chi connectivity index (χ1n) is 11.8. The molecule has 36 heavy (non-hydrogen) atoms. The Kier molecular flexibility index (Phi) is 6.56. The maximum absolute atomic E-state index is 13.6. The fourth-order valence-electron chi connectivity index (χ4n) is 4.53. The summed E-state index contributed by atoms with van der Waals surface area (Å²) in [5.41, 5.74) is 1.54. The summed E-state index contributed by atoms with van der Waals surface area (Å²) in [6.45, 7) is 4.73. The van der Waals surface area contributed by atoms with Crippen LogP contribution < -0.4 is 15.0 Å². The number of hydrogen-bond acceptors (Lipinski definition) is 6. The Morgan fingerprint density at radius 1 is 0.944 bits per heavy atom. The second kappa shape index (κ2) is 9.94. The molecule has 1 atom stereocenters. The number of hydrogen-bond donors (Lipinski definition) is 0. The smallest absolute Gasteiger partial charge is 0.253 e. The van der Waals surface area contributed by atoms with E-state index in [4.69, 9.17) is 9.47 Å². The van der Waals surface area contributed by atoms with Crippen molar-refractivity contribution < 1.29 is 23.5 Å². The van der Waals surface area contributed by atoms with Crippen LogP contribution in [0.15, 0.2) is 65.6 Å². The SMILES string of the molecule is Cc1ccn([C@H](C(=O)c2ccc(F)cc2)C(=O)N2CCN(Cc3ccc4c(c3)OCO4)CC2)c(=O)c1. The van der Waals surface area contributed by atoms with Crippen molar-refractivity contribution in [2.75, 3.05) is 33.0 Å². The van der Waals surface area contributed by atoms with E-state index in [0.717, 1.165) is 22.6 Å². The Hall–Kier alpha value is -3.98. The zero-order chi connectivity index (χ0) is 25.2. The lowest BCUT2D eigenvalue weighted by molar-refractivity contribution is -0.135. The molecule has 5 rings (SSSR count). The van der Waals surface area contributed by atoms with Crippen LogP contribution in [0.2, 0.25) is 0 Å². The first kappa shape index (κ1) is 23.7. The van der Waals surface area contributed by atoms with Gasteiger partial charge in [-0.2, -0.15) is 0 Å². The predicted molar refractivity (Wildman–Crippen MR) is 130 cm³/mol. The van der Waals surface area contributed by atoms with E-state index in [1.54, 1.807) is 17.9 Å². The van der Waals surface area contributed by atoms with Crippen molar-refractivity contribution >= 4 is 11.7 Å². The molecular weight excluding hydrogens is 465 g/mol. The van der Waals surface area contributed by atoms with Crippen molar-refractivity contribution in [1.29, 1.82) is 0 Å². The number of benzene rings is 2. The third kappa shape index (κ3) is 4.87. The summed E-state index contributed by atoms with van der Waals surface area (Å²) in [5.74, 6) is -0.0170. The molecule has 0 aliphatic carbocycles. The fraction of sp³-hybridized carbons (Fsp3) is 0.296. The highest BCUT2D eigenvalue weighted by molar-refractivity contribution is 6.11. The van der Waals surface area contributed by atoms with Gasteiger partial charge < -0.3 is 14.4 Å². The van der Waals surface area contributed by atoms with Gasteiger partial charge in [0.05, 0.1) is 0 Å². The average molecular weight is 492 g/mol. The van der Waals surface area contributed by atoms with E-state index in [1.807, 2.05) is 18.2 Å². The van der Waals surface area contributed by atoms with Gasteiger partial charge in [-0.25, -0.2) is 4.39 Å². The van der Waals surface area contributed by atoms with Crippen molar-refractivity contribution in [2.24, 2.45) is 0 Å². The third-order valence-electron chi connectivity index (χ3n) is 6.52. The number of carbonyl (C=O) groups is 2. The Labute approximate surface area is 207 Å². The number of aryl methyl sites for hydroxylation is 1. The number of rotatable bonds is 6. The minimum atomic E-state index is -1.36. The number of carbonyl (C=O) groups excluding carboxylic acids is 2. The van der Waals surface area contributed by atoms with Crippen molar-refractivity contribution in [1.82, 2.24) is 14.4 Å². The maximum Gasteiger partial charge on any atom is 0.253 e. The molecule has 2 aliphatic heterocycles. The number of aromatic nitrogens is 1. The van der Waals surface area contributed by atoms with Crippen LogP contribution in [0.5, 0.6) is 11.5 Å². The normalized spacial score (nSPS) is 16.1. The summed E-state index contributed by atoms with van der Waals surface area (Å²) < 4.78 is 25.4. The van der Waals surface area contributed by atoms with Crippen molar-refractivity contribution in [3.63, 3.8) is 0 Å². The van der Waals surface area contributed by atoms with E-state index in [2.05, 4.69) is 4.90 Å². The predicted octanol–water partition coefficient (Wildman–Crippen LogP) is 2.79. The summed E-state index contributed by atoms with van der Waals surface area (Å²) in [6.07, 6.45) is 1.47. The topological polar surface area (TPSA) is 81.1 Å². The number of ether oxygens (including phenoxy) is 2. The molecule has 0 spiro atoms.